The second-order valence-electron chi connectivity index (χ2n) is 4.16. The number of rotatable bonds is 3. The number of aromatic nitrogens is 1. The van der Waals surface area contributed by atoms with E-state index in [1.54, 1.807) is 0 Å². The third-order valence-corrected chi connectivity index (χ3v) is 3.71. The van der Waals surface area contributed by atoms with Gasteiger partial charge in [-0.05, 0) is 12.8 Å². The van der Waals surface area contributed by atoms with Crippen LogP contribution in [0.25, 0.3) is 0 Å². The van der Waals surface area contributed by atoms with Crippen molar-refractivity contribution in [1.29, 1.82) is 0 Å². The Balaban J connectivity index is 1.91. The number of carbonyl (C=O) groups excluding carboxylic acids is 1. The lowest BCUT2D eigenvalue weighted by Crippen LogP contribution is -2.19. The third-order valence-electron chi connectivity index (χ3n) is 2.99. The van der Waals surface area contributed by atoms with Crippen LogP contribution in [-0.4, -0.2) is 10.8 Å². The van der Waals surface area contributed by atoms with Crippen LogP contribution in [0.3, 0.4) is 0 Å². The zero-order chi connectivity index (χ0) is 10.7. The fourth-order valence-corrected chi connectivity index (χ4v) is 2.71. The van der Waals surface area contributed by atoms with Crippen molar-refractivity contribution < 1.29 is 4.79 Å². The van der Waals surface area contributed by atoms with Gasteiger partial charge in [-0.1, -0.05) is 19.3 Å². The van der Waals surface area contributed by atoms with Gasteiger partial charge in [-0.15, -0.1) is 11.3 Å². The molecular formula is C11H16N2OS. The summed E-state index contributed by atoms with van der Waals surface area (Å²) in [5, 5.41) is 2.44. The van der Waals surface area contributed by atoms with Crippen LogP contribution in [0, 0.1) is 5.92 Å². The highest BCUT2D eigenvalue weighted by Gasteiger charge is 2.21. The Morgan fingerprint density at radius 3 is 2.80 bits per heavy atom. The van der Waals surface area contributed by atoms with E-state index in [1.165, 1.54) is 30.6 Å². The lowest BCUT2D eigenvalue weighted by Gasteiger charge is -2.19. The van der Waals surface area contributed by atoms with Crippen LogP contribution in [0.4, 0.5) is 5.13 Å². The summed E-state index contributed by atoms with van der Waals surface area (Å²) in [6, 6.07) is 0. The highest BCUT2D eigenvalue weighted by molar-refractivity contribution is 7.13. The van der Waals surface area contributed by atoms with Crippen LogP contribution >= 0.6 is 11.3 Å². The molecule has 0 spiro atoms. The Labute approximate surface area is 93.7 Å². The summed E-state index contributed by atoms with van der Waals surface area (Å²) in [5.74, 6) is 0.627. The maximum atomic E-state index is 11.9. The fraction of sp³-hybridized carbons (Fsp3) is 0.636. The van der Waals surface area contributed by atoms with Crippen molar-refractivity contribution in [2.24, 2.45) is 5.92 Å². The van der Waals surface area contributed by atoms with Crippen molar-refractivity contribution in [3.63, 3.8) is 0 Å². The highest BCUT2D eigenvalue weighted by Crippen LogP contribution is 2.25. The van der Waals surface area contributed by atoms with E-state index < -0.39 is 0 Å². The van der Waals surface area contributed by atoms with Gasteiger partial charge < -0.3 is 5.73 Å². The van der Waals surface area contributed by atoms with Gasteiger partial charge in [0.1, 0.15) is 5.78 Å². The number of carbonyl (C=O) groups is 1. The van der Waals surface area contributed by atoms with E-state index >= 15 is 0 Å². The topological polar surface area (TPSA) is 56.0 Å². The van der Waals surface area contributed by atoms with Crippen LogP contribution < -0.4 is 5.73 Å². The molecule has 2 rings (SSSR count). The SMILES string of the molecule is Nc1nc(CC(=O)C2CCCCC2)cs1. The molecule has 1 aliphatic rings. The van der Waals surface area contributed by atoms with E-state index in [1.807, 2.05) is 5.38 Å². The maximum absolute atomic E-state index is 11.9. The molecule has 0 amide bonds. The number of nitrogens with two attached hydrogens (primary N) is 1. The smallest absolute Gasteiger partial charge is 0.180 e. The van der Waals surface area contributed by atoms with Crippen LogP contribution in [-0.2, 0) is 11.2 Å². The monoisotopic (exact) mass is 224 g/mol. The Kier molecular flexibility index (Phi) is 3.36. The first-order chi connectivity index (χ1) is 7.25. The molecule has 1 aliphatic carbocycles. The van der Waals surface area contributed by atoms with Gasteiger partial charge in [-0.3, -0.25) is 4.79 Å². The van der Waals surface area contributed by atoms with E-state index in [9.17, 15) is 4.79 Å². The molecule has 4 heteroatoms. The van der Waals surface area contributed by atoms with Gasteiger partial charge in [0, 0.05) is 17.7 Å². The van der Waals surface area contributed by atoms with Gasteiger partial charge in [0.15, 0.2) is 5.13 Å². The summed E-state index contributed by atoms with van der Waals surface area (Å²) in [6.07, 6.45) is 6.30. The molecule has 1 heterocycles. The molecule has 0 atom stereocenters. The Hall–Kier alpha value is -0.900. The Morgan fingerprint density at radius 2 is 2.20 bits per heavy atom. The van der Waals surface area contributed by atoms with Gasteiger partial charge in [0.25, 0.3) is 0 Å². The van der Waals surface area contributed by atoms with Crippen LogP contribution in [0.2, 0.25) is 0 Å². The quantitative estimate of drug-likeness (QED) is 0.857. The second-order valence-corrected chi connectivity index (χ2v) is 5.04. The van der Waals surface area contributed by atoms with Gasteiger partial charge in [-0.2, -0.15) is 0 Å². The molecule has 0 unspecified atom stereocenters. The molecule has 1 fully saturated rings. The van der Waals surface area contributed by atoms with Crippen LogP contribution in [0.15, 0.2) is 5.38 Å². The summed E-state index contributed by atoms with van der Waals surface area (Å²) in [4.78, 5) is 16.0. The predicted molar refractivity (Wildman–Crippen MR) is 61.8 cm³/mol. The summed E-state index contributed by atoms with van der Waals surface area (Å²) < 4.78 is 0. The van der Waals surface area contributed by atoms with Crippen molar-refractivity contribution in [2.45, 2.75) is 38.5 Å². The molecule has 1 aromatic heterocycles. The molecule has 3 nitrogen and oxygen atoms in total. The number of anilines is 1. The Morgan fingerprint density at radius 1 is 1.47 bits per heavy atom. The first-order valence-corrected chi connectivity index (χ1v) is 6.36. The summed E-state index contributed by atoms with van der Waals surface area (Å²) in [5.41, 5.74) is 6.37. The minimum absolute atomic E-state index is 0.279. The van der Waals surface area contributed by atoms with E-state index in [0.717, 1.165) is 18.5 Å². The first kappa shape index (κ1) is 10.6. The number of nitrogens with zero attached hydrogens (tertiary/aromatic N) is 1. The molecule has 0 bridgehead atoms. The summed E-state index contributed by atoms with van der Waals surface area (Å²) >= 11 is 1.41. The maximum Gasteiger partial charge on any atom is 0.180 e. The number of hydrogen-bond acceptors (Lipinski definition) is 4. The molecule has 0 radical (unpaired) electrons. The average Bonchev–Trinajstić information content (AvgIpc) is 2.65. The number of ketones is 1. The highest BCUT2D eigenvalue weighted by atomic mass is 32.1. The van der Waals surface area contributed by atoms with E-state index in [-0.39, 0.29) is 5.92 Å². The minimum atomic E-state index is 0.279. The van der Waals surface area contributed by atoms with Gasteiger partial charge in [0.2, 0.25) is 0 Å². The molecule has 1 saturated carbocycles. The Bertz CT molecular complexity index is 342. The zero-order valence-electron chi connectivity index (χ0n) is 8.74. The van der Waals surface area contributed by atoms with Crippen molar-refractivity contribution in [2.75, 3.05) is 5.73 Å². The number of hydrogen-bond donors (Lipinski definition) is 1. The molecule has 0 aromatic carbocycles. The predicted octanol–water partition coefficient (Wildman–Crippen LogP) is 2.42. The van der Waals surface area contributed by atoms with E-state index in [4.69, 9.17) is 5.73 Å². The van der Waals surface area contributed by atoms with Crippen LogP contribution in [0.1, 0.15) is 37.8 Å². The normalized spacial score (nSPS) is 17.9. The molecule has 0 aliphatic heterocycles. The van der Waals surface area contributed by atoms with Crippen molar-refractivity contribution >= 4 is 22.3 Å². The fourth-order valence-electron chi connectivity index (χ4n) is 2.15. The lowest BCUT2D eigenvalue weighted by molar-refractivity contribution is -0.123. The summed E-state index contributed by atoms with van der Waals surface area (Å²) in [7, 11) is 0. The largest absolute Gasteiger partial charge is 0.375 e. The molecule has 0 saturated heterocycles. The molecule has 2 N–H and O–H groups in total. The minimum Gasteiger partial charge on any atom is -0.375 e. The standard InChI is InChI=1S/C11H16N2OS/c12-11-13-9(7-15-11)6-10(14)8-4-2-1-3-5-8/h7-8H,1-6H2,(H2,12,13). The lowest BCUT2D eigenvalue weighted by atomic mass is 9.85. The molecular weight excluding hydrogens is 208 g/mol. The number of thiazole rings is 1. The van der Waals surface area contributed by atoms with E-state index in [2.05, 4.69) is 4.98 Å². The first-order valence-electron chi connectivity index (χ1n) is 5.48. The van der Waals surface area contributed by atoms with Gasteiger partial charge in [0.05, 0.1) is 5.69 Å². The van der Waals surface area contributed by atoms with Crippen molar-refractivity contribution in [1.82, 2.24) is 4.98 Å². The second kappa shape index (κ2) is 4.75. The third kappa shape index (κ3) is 2.78. The van der Waals surface area contributed by atoms with Gasteiger partial charge in [-0.25, -0.2) is 4.98 Å². The van der Waals surface area contributed by atoms with Crippen LogP contribution in [0.5, 0.6) is 0 Å². The molecule has 1 aromatic rings. The average molecular weight is 224 g/mol. The van der Waals surface area contributed by atoms with Gasteiger partial charge >= 0.3 is 0 Å². The van der Waals surface area contributed by atoms with E-state index in [0.29, 0.717) is 17.3 Å². The number of nitrogen functional groups attached to an aromatic ring is 1. The summed E-state index contributed by atoms with van der Waals surface area (Å²) in [6.45, 7) is 0. The molecule has 82 valence electrons. The van der Waals surface area contributed by atoms with Crippen molar-refractivity contribution in [3.05, 3.63) is 11.1 Å². The van der Waals surface area contributed by atoms with Crippen molar-refractivity contribution in [3.8, 4) is 0 Å². The number of Topliss-reactive ketones (excluding diaryl/α,β-unsaturated/α-hetero) is 1. The zero-order valence-corrected chi connectivity index (χ0v) is 9.55. The molecule has 15 heavy (non-hydrogen) atoms.